The first kappa shape index (κ1) is 18.7. The molecule has 0 radical (unpaired) electrons. The zero-order chi connectivity index (χ0) is 16.8. The van der Waals surface area contributed by atoms with Gasteiger partial charge in [-0.05, 0) is 60.1 Å². The second-order valence-corrected chi connectivity index (χ2v) is 7.58. The van der Waals surface area contributed by atoms with Gasteiger partial charge in [-0.3, -0.25) is 4.90 Å². The summed E-state index contributed by atoms with van der Waals surface area (Å²) in [7, 11) is 0. The van der Waals surface area contributed by atoms with Crippen molar-refractivity contribution in [3.05, 3.63) is 32.8 Å². The highest BCUT2D eigenvalue weighted by molar-refractivity contribution is 9.11. The van der Waals surface area contributed by atoms with Crippen molar-refractivity contribution >= 4 is 42.8 Å². The van der Waals surface area contributed by atoms with Crippen LogP contribution in [0.15, 0.2) is 27.1 Å². The minimum absolute atomic E-state index is 0.207. The van der Waals surface area contributed by atoms with Crippen LogP contribution in [0.3, 0.4) is 0 Å². The Kier molecular flexibility index (Phi) is 7.31. The first-order valence-corrected chi connectivity index (χ1v) is 9.84. The molecule has 5 heteroatoms. The van der Waals surface area contributed by atoms with Gasteiger partial charge in [0.15, 0.2) is 5.75 Å². The van der Waals surface area contributed by atoms with Gasteiger partial charge in [0.1, 0.15) is 5.52 Å². The van der Waals surface area contributed by atoms with E-state index in [2.05, 4.69) is 56.7 Å². The van der Waals surface area contributed by atoms with Gasteiger partial charge in [-0.2, -0.15) is 0 Å². The predicted octanol–water partition coefficient (Wildman–Crippen LogP) is 5.87. The van der Waals surface area contributed by atoms with E-state index in [1.54, 1.807) is 0 Å². The standard InChI is InChI=1S/C18H24Br2N2O/c1-3-5-9-22(10-6-4-2)12-13-7-8-14-15(19)11-16(20)18(23)17(14)21-13/h7-8,11,23H,3-6,9-10,12H2,1-2H3. The molecule has 2 aromatic rings. The number of pyridine rings is 1. The van der Waals surface area contributed by atoms with Crippen molar-refractivity contribution in [2.45, 2.75) is 46.1 Å². The number of nitrogens with zero attached hydrogens (tertiary/aromatic N) is 2. The summed E-state index contributed by atoms with van der Waals surface area (Å²) in [5, 5.41) is 11.2. The molecule has 1 N–H and O–H groups in total. The summed E-state index contributed by atoms with van der Waals surface area (Å²) in [4.78, 5) is 7.16. The largest absolute Gasteiger partial charge is 0.505 e. The molecule has 0 amide bonds. The number of hydrogen-bond donors (Lipinski definition) is 1. The highest BCUT2D eigenvalue weighted by atomic mass is 79.9. The van der Waals surface area contributed by atoms with E-state index in [0.29, 0.717) is 9.99 Å². The van der Waals surface area contributed by atoms with Gasteiger partial charge in [0.25, 0.3) is 0 Å². The minimum Gasteiger partial charge on any atom is -0.505 e. The number of aromatic nitrogens is 1. The Balaban J connectivity index is 2.26. The lowest BCUT2D eigenvalue weighted by molar-refractivity contribution is 0.254. The average Bonchev–Trinajstić information content (AvgIpc) is 2.55. The zero-order valence-corrected chi connectivity index (χ0v) is 17.0. The molecule has 0 atom stereocenters. The highest BCUT2D eigenvalue weighted by Crippen LogP contribution is 2.36. The molecule has 0 unspecified atom stereocenters. The Morgan fingerprint density at radius 2 is 1.70 bits per heavy atom. The van der Waals surface area contributed by atoms with Crippen molar-refractivity contribution in [2.24, 2.45) is 0 Å². The van der Waals surface area contributed by atoms with Gasteiger partial charge in [-0.1, -0.05) is 42.6 Å². The van der Waals surface area contributed by atoms with Crippen molar-refractivity contribution in [1.29, 1.82) is 0 Å². The van der Waals surface area contributed by atoms with Crippen molar-refractivity contribution in [3.8, 4) is 5.75 Å². The van der Waals surface area contributed by atoms with Gasteiger partial charge in [-0.15, -0.1) is 0 Å². The maximum atomic E-state index is 10.3. The fraction of sp³-hybridized carbons (Fsp3) is 0.500. The number of benzene rings is 1. The van der Waals surface area contributed by atoms with Crippen LogP contribution >= 0.6 is 31.9 Å². The summed E-state index contributed by atoms with van der Waals surface area (Å²) in [5.74, 6) is 0.207. The smallest absolute Gasteiger partial charge is 0.156 e. The van der Waals surface area contributed by atoms with E-state index in [4.69, 9.17) is 4.98 Å². The molecule has 0 bridgehead atoms. The number of hydrogen-bond acceptors (Lipinski definition) is 3. The maximum Gasteiger partial charge on any atom is 0.156 e. The number of halogens is 2. The summed E-state index contributed by atoms with van der Waals surface area (Å²) in [5.41, 5.74) is 1.65. The second kappa shape index (κ2) is 9.00. The lowest BCUT2D eigenvalue weighted by atomic mass is 10.1. The molecular weight excluding hydrogens is 420 g/mol. The summed E-state index contributed by atoms with van der Waals surface area (Å²) in [6.45, 7) is 7.48. The van der Waals surface area contributed by atoms with Crippen molar-refractivity contribution < 1.29 is 5.11 Å². The first-order chi connectivity index (χ1) is 11.1. The summed E-state index contributed by atoms with van der Waals surface area (Å²) in [6, 6.07) is 5.95. The topological polar surface area (TPSA) is 36.4 Å². The average molecular weight is 444 g/mol. The third-order valence-electron chi connectivity index (χ3n) is 3.96. The van der Waals surface area contributed by atoms with Crippen LogP contribution < -0.4 is 0 Å². The molecule has 1 heterocycles. The third kappa shape index (κ3) is 4.91. The Labute approximate surface area is 155 Å². The molecule has 2 rings (SSSR count). The Morgan fingerprint density at radius 1 is 1.04 bits per heavy atom. The van der Waals surface area contributed by atoms with Crippen LogP contribution in [0.25, 0.3) is 10.9 Å². The first-order valence-electron chi connectivity index (χ1n) is 8.25. The number of aromatic hydroxyl groups is 1. The van der Waals surface area contributed by atoms with Gasteiger partial charge in [0.2, 0.25) is 0 Å². The molecule has 1 aromatic carbocycles. The van der Waals surface area contributed by atoms with Crippen LogP contribution in [-0.4, -0.2) is 28.1 Å². The number of rotatable bonds is 8. The Bertz CT molecular complexity index is 653. The fourth-order valence-corrected chi connectivity index (χ4v) is 3.87. The SMILES string of the molecule is CCCCN(CCCC)Cc1ccc2c(Br)cc(Br)c(O)c2n1. The van der Waals surface area contributed by atoms with Crippen LogP contribution in [0.2, 0.25) is 0 Å². The van der Waals surface area contributed by atoms with Crippen molar-refractivity contribution in [2.75, 3.05) is 13.1 Å². The number of fused-ring (bicyclic) bond motifs is 1. The number of phenols is 1. The molecule has 3 nitrogen and oxygen atoms in total. The summed E-state index contributed by atoms with van der Waals surface area (Å²) in [6.07, 6.45) is 4.82. The van der Waals surface area contributed by atoms with Crippen molar-refractivity contribution in [1.82, 2.24) is 9.88 Å². The molecule has 23 heavy (non-hydrogen) atoms. The number of phenolic OH excluding ortho intramolecular Hbond substituents is 1. The molecule has 126 valence electrons. The second-order valence-electron chi connectivity index (χ2n) is 5.87. The molecule has 0 fully saturated rings. The van der Waals surface area contributed by atoms with E-state index in [1.807, 2.05) is 12.1 Å². The van der Waals surface area contributed by atoms with Gasteiger partial charge in [0.05, 0.1) is 10.2 Å². The monoisotopic (exact) mass is 442 g/mol. The van der Waals surface area contributed by atoms with Gasteiger partial charge < -0.3 is 5.11 Å². The molecule has 1 aromatic heterocycles. The molecule has 0 spiro atoms. The quantitative estimate of drug-likeness (QED) is 0.554. The van der Waals surface area contributed by atoms with E-state index in [-0.39, 0.29) is 5.75 Å². The van der Waals surface area contributed by atoms with Crippen LogP contribution in [0, 0.1) is 0 Å². The number of unbranched alkanes of at least 4 members (excludes halogenated alkanes) is 2. The third-order valence-corrected chi connectivity index (χ3v) is 5.22. The summed E-state index contributed by atoms with van der Waals surface area (Å²) < 4.78 is 1.60. The molecule has 0 saturated carbocycles. The Morgan fingerprint density at radius 3 is 2.30 bits per heavy atom. The molecule has 0 aliphatic carbocycles. The van der Waals surface area contributed by atoms with Crippen LogP contribution in [0.4, 0.5) is 0 Å². The molecule has 0 aliphatic heterocycles. The molecule has 0 aliphatic rings. The van der Waals surface area contributed by atoms with Crippen LogP contribution in [0.1, 0.15) is 45.2 Å². The fourth-order valence-electron chi connectivity index (χ4n) is 2.59. The van der Waals surface area contributed by atoms with E-state index in [0.717, 1.165) is 35.2 Å². The Hall–Kier alpha value is -0.650. The van der Waals surface area contributed by atoms with E-state index < -0.39 is 0 Å². The molecule has 0 saturated heterocycles. The van der Waals surface area contributed by atoms with Gasteiger partial charge in [-0.25, -0.2) is 4.98 Å². The van der Waals surface area contributed by atoms with Gasteiger partial charge >= 0.3 is 0 Å². The van der Waals surface area contributed by atoms with E-state index >= 15 is 0 Å². The van der Waals surface area contributed by atoms with Crippen LogP contribution in [0.5, 0.6) is 5.75 Å². The molecular formula is C18H24Br2N2O. The lowest BCUT2D eigenvalue weighted by Crippen LogP contribution is -2.26. The normalized spacial score (nSPS) is 11.5. The lowest BCUT2D eigenvalue weighted by Gasteiger charge is -2.21. The van der Waals surface area contributed by atoms with Crippen LogP contribution in [-0.2, 0) is 6.54 Å². The predicted molar refractivity (Wildman–Crippen MR) is 104 cm³/mol. The maximum absolute atomic E-state index is 10.3. The summed E-state index contributed by atoms with van der Waals surface area (Å²) >= 11 is 6.91. The van der Waals surface area contributed by atoms with E-state index in [9.17, 15) is 5.11 Å². The minimum atomic E-state index is 0.207. The van der Waals surface area contributed by atoms with Gasteiger partial charge in [0, 0.05) is 16.4 Å². The zero-order valence-electron chi connectivity index (χ0n) is 13.8. The van der Waals surface area contributed by atoms with E-state index in [1.165, 1.54) is 25.7 Å². The highest BCUT2D eigenvalue weighted by Gasteiger charge is 2.12. The van der Waals surface area contributed by atoms with Crippen molar-refractivity contribution in [3.63, 3.8) is 0 Å².